The van der Waals surface area contributed by atoms with Crippen molar-refractivity contribution in [1.82, 2.24) is 10.2 Å². The molecule has 1 heterocycles. The van der Waals surface area contributed by atoms with Gasteiger partial charge in [0.2, 0.25) is 0 Å². The third-order valence-corrected chi connectivity index (χ3v) is 4.37. The Morgan fingerprint density at radius 1 is 1.53 bits per heavy atom. The van der Waals surface area contributed by atoms with Crippen molar-refractivity contribution >= 4 is 29.1 Å². The van der Waals surface area contributed by atoms with E-state index in [9.17, 15) is 4.79 Å². The summed E-state index contributed by atoms with van der Waals surface area (Å²) in [4.78, 5) is 10.8. The van der Waals surface area contributed by atoms with E-state index in [2.05, 4.69) is 10.2 Å². The molecule has 17 heavy (non-hydrogen) atoms. The smallest absolute Gasteiger partial charge is 0.323 e. The highest BCUT2D eigenvalue weighted by Gasteiger charge is 2.26. The van der Waals surface area contributed by atoms with Crippen molar-refractivity contribution in [3.63, 3.8) is 0 Å². The number of aromatic nitrogens is 2. The number of hydrogen-bond donors (Lipinski definition) is 2. The summed E-state index contributed by atoms with van der Waals surface area (Å²) in [5.74, 6) is -0.0189. The monoisotopic (exact) mass is 275 g/mol. The summed E-state index contributed by atoms with van der Waals surface area (Å²) in [5, 5.41) is 17.7. The van der Waals surface area contributed by atoms with Gasteiger partial charge in [-0.2, -0.15) is 0 Å². The first kappa shape index (κ1) is 14.4. The molecule has 0 aromatic carbocycles. The fourth-order valence-electron chi connectivity index (χ4n) is 1.20. The van der Waals surface area contributed by atoms with Crippen LogP contribution in [0.5, 0.6) is 0 Å². The highest BCUT2D eigenvalue weighted by atomic mass is 32.2. The summed E-state index contributed by atoms with van der Waals surface area (Å²) in [5.41, 5.74) is 4.52. The van der Waals surface area contributed by atoms with Gasteiger partial charge in [0, 0.05) is 5.75 Å². The summed E-state index contributed by atoms with van der Waals surface area (Å²) in [6.45, 7) is 3.48. The predicted octanol–water partition coefficient (Wildman–Crippen LogP) is 1.91. The lowest BCUT2D eigenvalue weighted by molar-refractivity contribution is -0.142. The molecule has 96 valence electrons. The van der Waals surface area contributed by atoms with Gasteiger partial charge in [0.1, 0.15) is 10.5 Å². The molecule has 0 fully saturated rings. The Morgan fingerprint density at radius 3 is 2.76 bits per heavy atom. The summed E-state index contributed by atoms with van der Waals surface area (Å²) >= 11 is 3.24. The first-order valence-corrected chi connectivity index (χ1v) is 7.17. The van der Waals surface area contributed by atoms with Gasteiger partial charge in [-0.15, -0.1) is 10.2 Å². The van der Waals surface area contributed by atoms with Gasteiger partial charge < -0.3 is 10.8 Å². The predicted molar refractivity (Wildman–Crippen MR) is 69.4 cm³/mol. The minimum Gasteiger partial charge on any atom is -0.480 e. The zero-order valence-corrected chi connectivity index (χ0v) is 11.6. The Balaban J connectivity index is 2.15. The molecule has 0 aliphatic rings. The standard InChI is InChI=1S/C10H17N3O2S2/c1-7-12-13-9(17-7)16-6-4-3-5-10(2,11)8(14)15/h3-6,11H2,1-2H3,(H,14,15). The third-order valence-electron chi connectivity index (χ3n) is 2.31. The molecule has 5 nitrogen and oxygen atoms in total. The molecule has 1 atom stereocenters. The molecule has 1 aromatic heterocycles. The van der Waals surface area contributed by atoms with Crippen LogP contribution < -0.4 is 5.73 Å². The minimum absolute atomic E-state index is 0.498. The number of rotatable bonds is 7. The van der Waals surface area contributed by atoms with E-state index in [1.165, 1.54) is 0 Å². The highest BCUT2D eigenvalue weighted by Crippen LogP contribution is 2.23. The van der Waals surface area contributed by atoms with Crippen LogP contribution in [0.4, 0.5) is 0 Å². The molecule has 0 saturated carbocycles. The van der Waals surface area contributed by atoms with Gasteiger partial charge in [-0.1, -0.05) is 29.5 Å². The van der Waals surface area contributed by atoms with Gasteiger partial charge in [0.05, 0.1) is 0 Å². The normalized spacial score (nSPS) is 14.5. The molecule has 7 heteroatoms. The highest BCUT2D eigenvalue weighted by molar-refractivity contribution is 8.01. The molecule has 3 N–H and O–H groups in total. The van der Waals surface area contributed by atoms with Gasteiger partial charge in [-0.25, -0.2) is 0 Å². The largest absolute Gasteiger partial charge is 0.480 e. The van der Waals surface area contributed by atoms with Crippen molar-refractivity contribution in [3.05, 3.63) is 5.01 Å². The Hall–Kier alpha value is -0.660. The van der Waals surface area contributed by atoms with E-state index in [-0.39, 0.29) is 0 Å². The van der Waals surface area contributed by atoms with E-state index >= 15 is 0 Å². The van der Waals surface area contributed by atoms with Crippen LogP contribution in [-0.4, -0.2) is 32.6 Å². The van der Waals surface area contributed by atoms with Gasteiger partial charge in [0.25, 0.3) is 0 Å². The number of hydrogen-bond acceptors (Lipinski definition) is 6. The molecule has 0 aliphatic heterocycles. The second-order valence-electron chi connectivity index (χ2n) is 4.12. The SMILES string of the molecule is Cc1nnc(SCCCCC(C)(N)C(=O)O)s1. The molecule has 0 spiro atoms. The van der Waals surface area contributed by atoms with Crippen molar-refractivity contribution in [2.75, 3.05) is 5.75 Å². The summed E-state index contributed by atoms with van der Waals surface area (Å²) < 4.78 is 0.969. The molecule has 1 aromatic rings. The molecule has 0 bridgehead atoms. The van der Waals surface area contributed by atoms with Crippen LogP contribution in [0.15, 0.2) is 4.34 Å². The first-order chi connectivity index (χ1) is 7.92. The summed E-state index contributed by atoms with van der Waals surface area (Å²) in [6.07, 6.45) is 2.24. The van der Waals surface area contributed by atoms with E-state index in [0.29, 0.717) is 6.42 Å². The van der Waals surface area contributed by atoms with Gasteiger partial charge >= 0.3 is 5.97 Å². The van der Waals surface area contributed by atoms with Crippen molar-refractivity contribution in [1.29, 1.82) is 0 Å². The molecule has 1 unspecified atom stereocenters. The molecule has 0 saturated heterocycles. The second-order valence-corrected chi connectivity index (χ2v) is 6.64. The third kappa shape index (κ3) is 5.01. The lowest BCUT2D eigenvalue weighted by Crippen LogP contribution is -2.44. The zero-order chi connectivity index (χ0) is 12.9. The van der Waals surface area contributed by atoms with Crippen molar-refractivity contribution in [2.45, 2.75) is 43.0 Å². The number of unbranched alkanes of at least 4 members (excludes halogenated alkanes) is 1. The first-order valence-electron chi connectivity index (χ1n) is 5.37. The molecule has 0 aliphatic carbocycles. The number of nitrogens with zero attached hydrogens (tertiary/aromatic N) is 2. The van der Waals surface area contributed by atoms with E-state index in [4.69, 9.17) is 10.8 Å². The molecule has 0 radical (unpaired) electrons. The van der Waals surface area contributed by atoms with E-state index in [1.54, 1.807) is 30.0 Å². The summed E-state index contributed by atoms with van der Waals surface area (Å²) in [7, 11) is 0. The minimum atomic E-state index is -1.11. The molecule has 1 rings (SSSR count). The Kier molecular flexibility index (Phi) is 5.35. The Labute approximate surface area is 109 Å². The van der Waals surface area contributed by atoms with Crippen LogP contribution in [0.25, 0.3) is 0 Å². The number of carboxylic acids is 1. The van der Waals surface area contributed by atoms with Gasteiger partial charge in [-0.05, 0) is 26.7 Å². The van der Waals surface area contributed by atoms with Crippen molar-refractivity contribution in [2.24, 2.45) is 5.73 Å². The number of nitrogens with two attached hydrogens (primary N) is 1. The van der Waals surface area contributed by atoms with Crippen LogP contribution in [0.2, 0.25) is 0 Å². The Bertz CT molecular complexity index is 379. The zero-order valence-electron chi connectivity index (χ0n) is 9.97. The molecular formula is C10H17N3O2S2. The van der Waals surface area contributed by atoms with Gasteiger partial charge in [0.15, 0.2) is 4.34 Å². The van der Waals surface area contributed by atoms with Crippen LogP contribution in [-0.2, 0) is 4.79 Å². The van der Waals surface area contributed by atoms with Gasteiger partial charge in [-0.3, -0.25) is 4.79 Å². The molecule has 0 amide bonds. The topological polar surface area (TPSA) is 89.1 Å². The fourth-order valence-corrected chi connectivity index (χ4v) is 3.08. The second kappa shape index (κ2) is 6.32. The summed E-state index contributed by atoms with van der Waals surface area (Å²) in [6, 6.07) is 0. The van der Waals surface area contributed by atoms with E-state index < -0.39 is 11.5 Å². The van der Waals surface area contributed by atoms with Crippen LogP contribution in [0.3, 0.4) is 0 Å². The average Bonchev–Trinajstić information content (AvgIpc) is 2.63. The van der Waals surface area contributed by atoms with E-state index in [1.807, 2.05) is 6.92 Å². The molecular weight excluding hydrogens is 258 g/mol. The maximum atomic E-state index is 10.8. The van der Waals surface area contributed by atoms with Crippen molar-refractivity contribution in [3.8, 4) is 0 Å². The average molecular weight is 275 g/mol. The fraction of sp³-hybridized carbons (Fsp3) is 0.700. The number of thioether (sulfide) groups is 1. The van der Waals surface area contributed by atoms with Crippen LogP contribution in [0, 0.1) is 6.92 Å². The maximum absolute atomic E-state index is 10.8. The number of carboxylic acid groups (broad SMARTS) is 1. The van der Waals surface area contributed by atoms with Crippen LogP contribution in [0.1, 0.15) is 31.2 Å². The Morgan fingerprint density at radius 2 is 2.24 bits per heavy atom. The number of carbonyl (C=O) groups is 1. The lowest BCUT2D eigenvalue weighted by atomic mass is 9.97. The number of aliphatic carboxylic acids is 1. The van der Waals surface area contributed by atoms with Crippen LogP contribution >= 0.6 is 23.1 Å². The maximum Gasteiger partial charge on any atom is 0.323 e. The quantitative estimate of drug-likeness (QED) is 0.583. The number of aryl methyl sites for hydroxylation is 1. The van der Waals surface area contributed by atoms with Crippen molar-refractivity contribution < 1.29 is 9.90 Å². The van der Waals surface area contributed by atoms with E-state index in [0.717, 1.165) is 27.9 Å². The lowest BCUT2D eigenvalue weighted by Gasteiger charge is -2.18.